The molecule has 0 unspecified atom stereocenters. The molecule has 0 aliphatic heterocycles. The summed E-state index contributed by atoms with van der Waals surface area (Å²) in [5, 5.41) is 2.13. The Labute approximate surface area is 187 Å². The Kier molecular flexibility index (Phi) is 8.94. The van der Waals surface area contributed by atoms with Crippen LogP contribution in [-0.4, -0.2) is 24.2 Å². The highest BCUT2D eigenvalue weighted by molar-refractivity contribution is 8.02. The molecular formula is C25H36SSi3. The smallest absolute Gasteiger partial charge is 0.129 e. The van der Waals surface area contributed by atoms with Gasteiger partial charge in [-0.15, -0.1) is 16.6 Å². The van der Waals surface area contributed by atoms with Gasteiger partial charge < -0.3 is 0 Å². The van der Waals surface area contributed by atoms with E-state index in [1.165, 1.54) is 10.5 Å². The minimum atomic E-state index is -1.54. The fraction of sp³-hybridized carbons (Fsp3) is 0.440. The van der Waals surface area contributed by atoms with Crippen molar-refractivity contribution in [3.05, 3.63) is 41.3 Å². The van der Waals surface area contributed by atoms with Crippen molar-refractivity contribution in [2.24, 2.45) is 5.41 Å². The van der Waals surface area contributed by atoms with E-state index in [-0.39, 0.29) is 0 Å². The Morgan fingerprint density at radius 2 is 1.07 bits per heavy atom. The molecule has 0 radical (unpaired) electrons. The zero-order chi connectivity index (χ0) is 22.3. The van der Waals surface area contributed by atoms with Crippen molar-refractivity contribution in [2.75, 3.05) is 0 Å². The van der Waals surface area contributed by atoms with Gasteiger partial charge in [0.15, 0.2) is 5.41 Å². The molecule has 0 saturated carbocycles. The number of hydrogen-bond acceptors (Lipinski definition) is 1. The lowest BCUT2D eigenvalue weighted by Gasteiger charge is -2.16. The summed E-state index contributed by atoms with van der Waals surface area (Å²) in [6.07, 6.45) is 2.13. The summed E-state index contributed by atoms with van der Waals surface area (Å²) >= 11 is 1.71. The van der Waals surface area contributed by atoms with Crippen molar-refractivity contribution in [1.82, 2.24) is 0 Å². The molecule has 0 nitrogen and oxygen atoms in total. The van der Waals surface area contributed by atoms with E-state index in [0.717, 1.165) is 0 Å². The van der Waals surface area contributed by atoms with Crippen LogP contribution in [0.15, 0.2) is 40.6 Å². The highest BCUT2D eigenvalue weighted by Gasteiger charge is 2.23. The van der Waals surface area contributed by atoms with E-state index in [0.29, 0.717) is 0 Å². The van der Waals surface area contributed by atoms with Crippen molar-refractivity contribution in [3.63, 3.8) is 0 Å². The third-order valence-corrected chi connectivity index (χ3v) is 6.89. The quantitative estimate of drug-likeness (QED) is 0.265. The van der Waals surface area contributed by atoms with Crippen LogP contribution < -0.4 is 0 Å². The average molecular weight is 453 g/mol. The molecule has 0 heterocycles. The molecule has 0 saturated heterocycles. The SMILES string of the molecule is Cc1ccc(S/C=C/C(C#C[Si](C)(C)C)(C#C[Si](C)(C)C)C#C[Si](C)(C)C)cc1. The van der Waals surface area contributed by atoms with Gasteiger partial charge in [0.1, 0.15) is 24.2 Å². The maximum absolute atomic E-state index is 3.55. The lowest BCUT2D eigenvalue weighted by molar-refractivity contribution is 0.945. The third-order valence-electron chi connectivity index (χ3n) is 3.45. The van der Waals surface area contributed by atoms with Gasteiger partial charge in [-0.05, 0) is 30.5 Å². The molecule has 0 aliphatic rings. The lowest BCUT2D eigenvalue weighted by atomic mass is 9.92. The second-order valence-corrected chi connectivity index (χ2v) is 25.8. The molecule has 0 N–H and O–H groups in total. The number of allylic oxidation sites excluding steroid dienone is 1. The number of benzene rings is 1. The number of thioether (sulfide) groups is 1. The lowest BCUT2D eigenvalue weighted by Crippen LogP contribution is -2.23. The van der Waals surface area contributed by atoms with Crippen molar-refractivity contribution >= 4 is 36.0 Å². The van der Waals surface area contributed by atoms with Crippen LogP contribution in [0.2, 0.25) is 58.9 Å². The molecule has 0 aliphatic carbocycles. The predicted molar refractivity (Wildman–Crippen MR) is 142 cm³/mol. The molecule has 0 aromatic heterocycles. The second-order valence-electron chi connectivity index (χ2n) is 10.5. The van der Waals surface area contributed by atoms with Gasteiger partial charge in [0.2, 0.25) is 0 Å². The standard InChI is InChI=1S/C25H36SSi3/c1-23-11-13-24(14-12-23)26-19-15-25(16-20-27(2,3)4,17-21-28(5,6)7)18-22-29(8,9)10/h11-15,19H,1-10H3/b19-15+. The van der Waals surface area contributed by atoms with Gasteiger partial charge in [0.05, 0.1) is 0 Å². The molecule has 1 aromatic rings. The van der Waals surface area contributed by atoms with Crippen LogP contribution in [0.3, 0.4) is 0 Å². The first-order chi connectivity index (χ1) is 13.1. The number of hydrogen-bond donors (Lipinski definition) is 0. The molecule has 1 aromatic carbocycles. The number of rotatable bonds is 3. The summed E-state index contributed by atoms with van der Waals surface area (Å²) in [6.45, 7) is 22.6. The van der Waals surface area contributed by atoms with E-state index in [1.807, 2.05) is 0 Å². The molecule has 4 heteroatoms. The maximum atomic E-state index is 3.55. The Morgan fingerprint density at radius 1 is 0.690 bits per heavy atom. The Balaban J connectivity index is 3.48. The summed E-state index contributed by atoms with van der Waals surface area (Å²) in [7, 11) is -4.62. The Morgan fingerprint density at radius 3 is 1.41 bits per heavy atom. The Hall–Kier alpha value is -1.36. The van der Waals surface area contributed by atoms with Crippen LogP contribution in [0.4, 0.5) is 0 Å². The summed E-state index contributed by atoms with van der Waals surface area (Å²) in [6, 6.07) is 8.59. The van der Waals surface area contributed by atoms with Crippen LogP contribution in [0.1, 0.15) is 5.56 Å². The summed E-state index contributed by atoms with van der Waals surface area (Å²) < 4.78 is 0. The molecular weight excluding hydrogens is 417 g/mol. The van der Waals surface area contributed by atoms with Crippen molar-refractivity contribution in [1.29, 1.82) is 0 Å². The van der Waals surface area contributed by atoms with Gasteiger partial charge in [-0.1, -0.05) is 106 Å². The van der Waals surface area contributed by atoms with Gasteiger partial charge in [-0.2, -0.15) is 0 Å². The largest absolute Gasteiger partial charge is 0.169 e. The number of aryl methyl sites for hydroxylation is 1. The van der Waals surface area contributed by atoms with Crippen LogP contribution in [0, 0.1) is 46.7 Å². The van der Waals surface area contributed by atoms with E-state index in [2.05, 4.69) is 136 Å². The zero-order valence-corrected chi connectivity index (χ0v) is 23.7. The fourth-order valence-corrected chi connectivity index (χ4v) is 4.35. The van der Waals surface area contributed by atoms with Crippen LogP contribution in [-0.2, 0) is 0 Å². The van der Waals surface area contributed by atoms with Crippen molar-refractivity contribution < 1.29 is 0 Å². The van der Waals surface area contributed by atoms with Crippen LogP contribution in [0.5, 0.6) is 0 Å². The average Bonchev–Trinajstić information content (AvgIpc) is 2.55. The fourth-order valence-electron chi connectivity index (χ4n) is 1.91. The summed E-state index contributed by atoms with van der Waals surface area (Å²) in [4.78, 5) is 1.22. The van der Waals surface area contributed by atoms with Gasteiger partial charge in [-0.3, -0.25) is 0 Å². The molecule has 1 rings (SSSR count). The van der Waals surface area contributed by atoms with E-state index in [4.69, 9.17) is 0 Å². The Bertz CT molecular complexity index is 823. The molecule has 29 heavy (non-hydrogen) atoms. The van der Waals surface area contributed by atoms with Gasteiger partial charge in [0.25, 0.3) is 0 Å². The van der Waals surface area contributed by atoms with Gasteiger partial charge >= 0.3 is 0 Å². The van der Waals surface area contributed by atoms with Gasteiger partial charge in [0, 0.05) is 4.90 Å². The summed E-state index contributed by atoms with van der Waals surface area (Å²) in [5.41, 5.74) is 11.2. The third kappa shape index (κ3) is 12.0. The van der Waals surface area contributed by atoms with Crippen molar-refractivity contribution in [2.45, 2.75) is 70.7 Å². The van der Waals surface area contributed by atoms with E-state index >= 15 is 0 Å². The maximum Gasteiger partial charge on any atom is 0.169 e. The first-order valence-corrected chi connectivity index (χ1v) is 21.5. The topological polar surface area (TPSA) is 0 Å². The highest BCUT2D eigenvalue weighted by atomic mass is 32.2. The molecule has 0 atom stereocenters. The highest BCUT2D eigenvalue weighted by Crippen LogP contribution is 2.25. The minimum Gasteiger partial charge on any atom is -0.129 e. The normalized spacial score (nSPS) is 12.3. The first kappa shape index (κ1) is 25.7. The van der Waals surface area contributed by atoms with Crippen LogP contribution in [0.25, 0.3) is 0 Å². The van der Waals surface area contributed by atoms with E-state index in [1.54, 1.807) is 11.8 Å². The van der Waals surface area contributed by atoms with E-state index < -0.39 is 29.6 Å². The monoisotopic (exact) mass is 452 g/mol. The first-order valence-electron chi connectivity index (χ1n) is 10.1. The van der Waals surface area contributed by atoms with E-state index in [9.17, 15) is 0 Å². The molecule has 154 valence electrons. The molecule has 0 bridgehead atoms. The zero-order valence-electron chi connectivity index (χ0n) is 19.9. The molecule has 0 spiro atoms. The van der Waals surface area contributed by atoms with Crippen molar-refractivity contribution in [3.8, 4) is 34.4 Å². The molecule has 0 amide bonds. The summed E-state index contributed by atoms with van der Waals surface area (Å²) in [5.74, 6) is 10.6. The second kappa shape index (κ2) is 10.1. The molecule has 0 fully saturated rings. The van der Waals surface area contributed by atoms with Crippen LogP contribution >= 0.6 is 11.8 Å². The predicted octanol–water partition coefficient (Wildman–Crippen LogP) is 7.23. The van der Waals surface area contributed by atoms with Gasteiger partial charge in [-0.25, -0.2) is 0 Å². The minimum absolute atomic E-state index is 0.682.